The van der Waals surface area contributed by atoms with Crippen LogP contribution in [0.3, 0.4) is 0 Å². The van der Waals surface area contributed by atoms with Gasteiger partial charge in [0.25, 0.3) is 0 Å². The Balaban J connectivity index is 2.18. The summed E-state index contributed by atoms with van der Waals surface area (Å²) in [5.41, 5.74) is 0.783. The van der Waals surface area contributed by atoms with Gasteiger partial charge in [-0.1, -0.05) is 6.07 Å². The molecule has 0 atom stereocenters. The van der Waals surface area contributed by atoms with E-state index in [0.29, 0.717) is 12.5 Å². The second kappa shape index (κ2) is 5.65. The molecular weight excluding hydrogens is 287 g/mol. The Morgan fingerprint density at radius 2 is 2.14 bits per heavy atom. The lowest BCUT2D eigenvalue weighted by atomic mass is 10.2. The molecule has 21 heavy (non-hydrogen) atoms. The number of benzene rings is 1. The number of fused-ring (bicyclic) bond motifs is 1. The first kappa shape index (κ1) is 13.8. The first-order valence-corrected chi connectivity index (χ1v) is 7.57. The van der Waals surface area contributed by atoms with Crippen molar-refractivity contribution in [3.05, 3.63) is 41.5 Å². The van der Waals surface area contributed by atoms with E-state index in [9.17, 15) is 4.39 Å². The van der Waals surface area contributed by atoms with E-state index in [0.717, 1.165) is 21.7 Å². The van der Waals surface area contributed by atoms with Crippen LogP contribution in [-0.4, -0.2) is 23.6 Å². The maximum atomic E-state index is 13.5. The monoisotopic (exact) mass is 302 g/mol. The summed E-state index contributed by atoms with van der Waals surface area (Å²) in [5.74, 6) is 1.10. The van der Waals surface area contributed by atoms with E-state index < -0.39 is 0 Å². The van der Waals surface area contributed by atoms with E-state index >= 15 is 0 Å². The molecule has 0 fully saturated rings. The molecule has 0 saturated heterocycles. The standard InChI is InChI=1S/C15H15FN4S/c1-3-20(11-6-4-5-10(16)9-11)13-12-7-8-21-14(12)19-15(17-2)18-13/h4-9H,3H2,1-2H3,(H,17,18,19). The van der Waals surface area contributed by atoms with Crippen molar-refractivity contribution in [2.24, 2.45) is 0 Å². The number of hydrogen-bond acceptors (Lipinski definition) is 5. The molecule has 6 heteroatoms. The van der Waals surface area contributed by atoms with Crippen molar-refractivity contribution in [3.8, 4) is 0 Å². The summed E-state index contributed by atoms with van der Waals surface area (Å²) < 4.78 is 13.5. The van der Waals surface area contributed by atoms with Crippen molar-refractivity contribution in [2.75, 3.05) is 23.8 Å². The summed E-state index contributed by atoms with van der Waals surface area (Å²) in [7, 11) is 1.79. The van der Waals surface area contributed by atoms with Crippen LogP contribution in [0, 0.1) is 5.82 Å². The van der Waals surface area contributed by atoms with Gasteiger partial charge >= 0.3 is 0 Å². The van der Waals surface area contributed by atoms with E-state index in [2.05, 4.69) is 15.3 Å². The first-order valence-electron chi connectivity index (χ1n) is 6.69. The molecule has 0 aliphatic carbocycles. The quantitative estimate of drug-likeness (QED) is 0.790. The lowest BCUT2D eigenvalue weighted by Crippen LogP contribution is -2.18. The summed E-state index contributed by atoms with van der Waals surface area (Å²) in [6, 6.07) is 8.54. The fourth-order valence-electron chi connectivity index (χ4n) is 2.26. The highest BCUT2D eigenvalue weighted by Crippen LogP contribution is 2.33. The van der Waals surface area contributed by atoms with Crippen LogP contribution in [0.1, 0.15) is 6.92 Å². The maximum Gasteiger partial charge on any atom is 0.225 e. The van der Waals surface area contributed by atoms with E-state index in [-0.39, 0.29) is 5.82 Å². The van der Waals surface area contributed by atoms with E-state index in [1.165, 1.54) is 12.1 Å². The molecule has 0 spiro atoms. The summed E-state index contributed by atoms with van der Waals surface area (Å²) in [4.78, 5) is 11.9. The van der Waals surface area contributed by atoms with E-state index in [1.54, 1.807) is 24.5 Å². The van der Waals surface area contributed by atoms with Crippen LogP contribution < -0.4 is 10.2 Å². The molecule has 0 unspecified atom stereocenters. The van der Waals surface area contributed by atoms with Gasteiger partial charge in [-0.2, -0.15) is 4.98 Å². The number of thiophene rings is 1. The Morgan fingerprint density at radius 3 is 2.86 bits per heavy atom. The Morgan fingerprint density at radius 1 is 1.29 bits per heavy atom. The van der Waals surface area contributed by atoms with Crippen molar-refractivity contribution in [1.82, 2.24) is 9.97 Å². The van der Waals surface area contributed by atoms with Crippen LogP contribution >= 0.6 is 11.3 Å². The average Bonchev–Trinajstić information content (AvgIpc) is 2.96. The number of anilines is 3. The van der Waals surface area contributed by atoms with Crippen molar-refractivity contribution in [3.63, 3.8) is 0 Å². The zero-order valence-electron chi connectivity index (χ0n) is 11.8. The highest BCUT2D eigenvalue weighted by atomic mass is 32.1. The minimum atomic E-state index is -0.254. The van der Waals surface area contributed by atoms with Crippen LogP contribution in [0.4, 0.5) is 21.8 Å². The Hall–Kier alpha value is -2.21. The minimum Gasteiger partial charge on any atom is -0.357 e. The molecule has 0 aliphatic heterocycles. The fourth-order valence-corrected chi connectivity index (χ4v) is 3.01. The summed E-state index contributed by atoms with van der Waals surface area (Å²) in [6.07, 6.45) is 0. The number of nitrogens with zero attached hydrogens (tertiary/aromatic N) is 3. The zero-order chi connectivity index (χ0) is 14.8. The number of halogens is 1. The maximum absolute atomic E-state index is 13.5. The van der Waals surface area contributed by atoms with Gasteiger partial charge in [0.2, 0.25) is 5.95 Å². The van der Waals surface area contributed by atoms with E-state index in [4.69, 9.17) is 0 Å². The molecule has 0 aliphatic rings. The highest BCUT2D eigenvalue weighted by molar-refractivity contribution is 7.16. The van der Waals surface area contributed by atoms with Crippen LogP contribution in [0.15, 0.2) is 35.7 Å². The summed E-state index contributed by atoms with van der Waals surface area (Å²) in [6.45, 7) is 2.71. The molecule has 0 amide bonds. The predicted molar refractivity (Wildman–Crippen MR) is 86.0 cm³/mol. The zero-order valence-corrected chi connectivity index (χ0v) is 12.6. The van der Waals surface area contributed by atoms with Gasteiger partial charge in [-0.3, -0.25) is 0 Å². The topological polar surface area (TPSA) is 41.1 Å². The Labute approximate surface area is 126 Å². The third-order valence-electron chi connectivity index (χ3n) is 3.22. The van der Waals surface area contributed by atoms with Gasteiger partial charge in [0, 0.05) is 19.3 Å². The number of hydrogen-bond donors (Lipinski definition) is 1. The van der Waals surface area contributed by atoms with Crippen molar-refractivity contribution < 1.29 is 4.39 Å². The van der Waals surface area contributed by atoms with Crippen molar-refractivity contribution >= 4 is 39.0 Å². The lowest BCUT2D eigenvalue weighted by molar-refractivity contribution is 0.627. The highest BCUT2D eigenvalue weighted by Gasteiger charge is 2.16. The van der Waals surface area contributed by atoms with Gasteiger partial charge < -0.3 is 10.2 Å². The van der Waals surface area contributed by atoms with Gasteiger partial charge in [-0.15, -0.1) is 11.3 Å². The first-order chi connectivity index (χ1) is 10.2. The smallest absolute Gasteiger partial charge is 0.225 e. The van der Waals surface area contributed by atoms with Crippen molar-refractivity contribution in [2.45, 2.75) is 6.92 Å². The molecule has 3 rings (SSSR count). The van der Waals surface area contributed by atoms with Crippen LogP contribution in [0.2, 0.25) is 0 Å². The van der Waals surface area contributed by atoms with Crippen LogP contribution in [0.5, 0.6) is 0 Å². The molecule has 1 N–H and O–H groups in total. The molecule has 0 radical (unpaired) electrons. The average molecular weight is 302 g/mol. The SMILES string of the molecule is CCN(c1cccc(F)c1)c1nc(NC)nc2sccc12. The minimum absolute atomic E-state index is 0.254. The van der Waals surface area contributed by atoms with Gasteiger partial charge in [0.15, 0.2) is 0 Å². The lowest BCUT2D eigenvalue weighted by Gasteiger charge is -2.23. The normalized spacial score (nSPS) is 10.8. The van der Waals surface area contributed by atoms with Gasteiger partial charge in [0.05, 0.1) is 5.39 Å². The van der Waals surface area contributed by atoms with E-state index in [1.807, 2.05) is 29.3 Å². The third kappa shape index (κ3) is 2.54. The number of nitrogens with one attached hydrogen (secondary N) is 1. The molecule has 1 aromatic carbocycles. The molecule has 108 valence electrons. The number of rotatable bonds is 4. The Bertz CT molecular complexity index is 771. The second-order valence-corrected chi connectivity index (χ2v) is 5.38. The van der Waals surface area contributed by atoms with Gasteiger partial charge in [-0.25, -0.2) is 9.37 Å². The summed E-state index contributed by atoms with van der Waals surface area (Å²) >= 11 is 1.57. The third-order valence-corrected chi connectivity index (χ3v) is 4.03. The molecule has 3 aromatic rings. The van der Waals surface area contributed by atoms with Crippen molar-refractivity contribution in [1.29, 1.82) is 0 Å². The second-order valence-electron chi connectivity index (χ2n) is 4.48. The number of aromatic nitrogens is 2. The molecule has 4 nitrogen and oxygen atoms in total. The molecule has 2 aromatic heterocycles. The summed E-state index contributed by atoms with van der Waals surface area (Å²) in [5, 5.41) is 5.94. The predicted octanol–water partition coefficient (Wildman–Crippen LogP) is 4.03. The van der Waals surface area contributed by atoms with Crippen LogP contribution in [0.25, 0.3) is 10.2 Å². The Kier molecular flexibility index (Phi) is 3.70. The largest absolute Gasteiger partial charge is 0.357 e. The van der Waals surface area contributed by atoms with Gasteiger partial charge in [-0.05, 0) is 36.6 Å². The van der Waals surface area contributed by atoms with Gasteiger partial charge in [0.1, 0.15) is 16.5 Å². The fraction of sp³-hybridized carbons (Fsp3) is 0.200. The molecular formula is C15H15FN4S. The molecule has 0 saturated carbocycles. The molecule has 0 bridgehead atoms. The van der Waals surface area contributed by atoms with Crippen LogP contribution in [-0.2, 0) is 0 Å². The molecule has 2 heterocycles.